The Morgan fingerprint density at radius 3 is 3.07 bits per heavy atom. The summed E-state index contributed by atoms with van der Waals surface area (Å²) in [6.45, 7) is 0. The van der Waals surface area contributed by atoms with Gasteiger partial charge in [0.15, 0.2) is 5.58 Å². The number of nitrogens with one attached hydrogen (secondary N) is 1. The highest BCUT2D eigenvalue weighted by atomic mass is 35.5. The van der Waals surface area contributed by atoms with Crippen LogP contribution in [0.3, 0.4) is 0 Å². The Morgan fingerprint density at radius 1 is 1.53 bits per heavy atom. The molecule has 80 valence electrons. The molecule has 4 nitrogen and oxygen atoms in total. The zero-order chi connectivity index (χ0) is 10.8. The lowest BCUT2D eigenvalue weighted by Crippen LogP contribution is -2.11. The second kappa shape index (κ2) is 4.08. The molecule has 0 aliphatic carbocycles. The van der Waals surface area contributed by atoms with Crippen molar-refractivity contribution in [1.29, 1.82) is 0 Å². The fourth-order valence-corrected chi connectivity index (χ4v) is 1.56. The number of rotatable bonds is 3. The number of H-pyrrole nitrogens is 1. The number of aromatic amines is 1. The molecule has 1 atom stereocenters. The highest BCUT2D eigenvalue weighted by molar-refractivity contribution is 6.18. The number of aliphatic hydroxyl groups is 1. The smallest absolute Gasteiger partial charge is 0.408 e. The molecule has 0 saturated heterocycles. The van der Waals surface area contributed by atoms with Crippen molar-refractivity contribution < 1.29 is 9.52 Å². The van der Waals surface area contributed by atoms with Crippen molar-refractivity contribution in [3.05, 3.63) is 34.3 Å². The van der Waals surface area contributed by atoms with Gasteiger partial charge in [0.1, 0.15) is 0 Å². The van der Waals surface area contributed by atoms with Gasteiger partial charge < -0.3 is 9.52 Å². The van der Waals surface area contributed by atoms with Crippen molar-refractivity contribution in [2.45, 2.75) is 12.5 Å². The van der Waals surface area contributed by atoms with Crippen LogP contribution in [0.25, 0.3) is 11.1 Å². The second-order valence-electron chi connectivity index (χ2n) is 3.36. The Labute approximate surface area is 90.5 Å². The topological polar surface area (TPSA) is 66.2 Å². The van der Waals surface area contributed by atoms with E-state index >= 15 is 0 Å². The molecule has 0 saturated carbocycles. The van der Waals surface area contributed by atoms with Crippen molar-refractivity contribution in [2.24, 2.45) is 0 Å². The Kier molecular flexibility index (Phi) is 2.79. The molecule has 0 spiro atoms. The van der Waals surface area contributed by atoms with E-state index in [0.717, 1.165) is 5.56 Å². The molecule has 0 radical (unpaired) electrons. The first-order chi connectivity index (χ1) is 7.19. The number of aliphatic hydroxyl groups excluding tert-OH is 1. The maximum atomic E-state index is 10.9. The molecule has 1 heterocycles. The molecule has 2 N–H and O–H groups in total. The van der Waals surface area contributed by atoms with Gasteiger partial charge in [-0.2, -0.15) is 0 Å². The van der Waals surface area contributed by atoms with E-state index in [1.807, 2.05) is 0 Å². The molecule has 2 aromatic rings. The van der Waals surface area contributed by atoms with Crippen LogP contribution >= 0.6 is 11.6 Å². The van der Waals surface area contributed by atoms with Gasteiger partial charge in [0, 0.05) is 5.88 Å². The van der Waals surface area contributed by atoms with Crippen LogP contribution in [0.1, 0.15) is 5.56 Å². The second-order valence-corrected chi connectivity index (χ2v) is 3.67. The highest BCUT2D eigenvalue weighted by Gasteiger charge is 2.06. The molecule has 5 heteroatoms. The van der Waals surface area contributed by atoms with Crippen LogP contribution in [0.2, 0.25) is 0 Å². The van der Waals surface area contributed by atoms with Gasteiger partial charge in [-0.05, 0) is 24.1 Å². The summed E-state index contributed by atoms with van der Waals surface area (Å²) < 4.78 is 4.85. The first-order valence-electron chi connectivity index (χ1n) is 4.55. The zero-order valence-corrected chi connectivity index (χ0v) is 8.62. The molecule has 0 amide bonds. The van der Waals surface area contributed by atoms with Crippen molar-refractivity contribution in [3.8, 4) is 0 Å². The van der Waals surface area contributed by atoms with Gasteiger partial charge in [-0.25, -0.2) is 4.79 Å². The van der Waals surface area contributed by atoms with Crippen molar-refractivity contribution in [1.82, 2.24) is 4.98 Å². The molecule has 15 heavy (non-hydrogen) atoms. The fourth-order valence-electron chi connectivity index (χ4n) is 1.45. The van der Waals surface area contributed by atoms with Gasteiger partial charge in [0.2, 0.25) is 0 Å². The largest absolute Gasteiger partial charge is 0.417 e. The number of alkyl halides is 1. The minimum atomic E-state index is -0.567. The third kappa shape index (κ3) is 2.22. The minimum absolute atomic E-state index is 0.194. The lowest BCUT2D eigenvalue weighted by Gasteiger charge is -2.05. The molecule has 1 aromatic carbocycles. The van der Waals surface area contributed by atoms with Crippen LogP contribution < -0.4 is 5.76 Å². The lowest BCUT2D eigenvalue weighted by atomic mass is 10.1. The van der Waals surface area contributed by atoms with E-state index in [0.29, 0.717) is 17.5 Å². The number of hydrogen-bond acceptors (Lipinski definition) is 3. The third-order valence-electron chi connectivity index (χ3n) is 2.13. The summed E-state index contributed by atoms with van der Waals surface area (Å²) >= 11 is 5.50. The van der Waals surface area contributed by atoms with Crippen LogP contribution in [-0.2, 0) is 6.42 Å². The van der Waals surface area contributed by atoms with E-state index in [2.05, 4.69) is 4.98 Å². The zero-order valence-electron chi connectivity index (χ0n) is 7.87. The molecule has 2 rings (SSSR count). The fraction of sp³-hybridized carbons (Fsp3) is 0.300. The van der Waals surface area contributed by atoms with Gasteiger partial charge in [0.25, 0.3) is 0 Å². The van der Waals surface area contributed by atoms with E-state index in [-0.39, 0.29) is 5.88 Å². The molecule has 0 aliphatic heterocycles. The number of halogens is 1. The van der Waals surface area contributed by atoms with Crippen molar-refractivity contribution in [3.63, 3.8) is 0 Å². The van der Waals surface area contributed by atoms with Crippen LogP contribution in [0.15, 0.2) is 27.4 Å². The summed E-state index contributed by atoms with van der Waals surface area (Å²) in [6, 6.07) is 5.27. The maximum absolute atomic E-state index is 10.9. The van der Waals surface area contributed by atoms with Gasteiger partial charge in [-0.15, -0.1) is 11.6 Å². The highest BCUT2D eigenvalue weighted by Crippen LogP contribution is 2.13. The van der Waals surface area contributed by atoms with E-state index < -0.39 is 11.9 Å². The van der Waals surface area contributed by atoms with Crippen molar-refractivity contribution in [2.75, 3.05) is 5.88 Å². The summed E-state index contributed by atoms with van der Waals surface area (Å²) in [5.74, 6) is -0.278. The summed E-state index contributed by atoms with van der Waals surface area (Å²) in [4.78, 5) is 13.4. The number of hydrogen-bond donors (Lipinski definition) is 2. The van der Waals surface area contributed by atoms with Gasteiger partial charge >= 0.3 is 5.76 Å². The predicted octanol–water partition coefficient (Wildman–Crippen LogP) is 1.26. The lowest BCUT2D eigenvalue weighted by molar-refractivity contribution is 0.199. The molecule has 1 unspecified atom stereocenters. The Morgan fingerprint density at radius 2 is 2.33 bits per heavy atom. The number of aromatic nitrogens is 1. The minimum Gasteiger partial charge on any atom is -0.408 e. The molecule has 0 fully saturated rings. The predicted molar refractivity (Wildman–Crippen MR) is 57.3 cm³/mol. The standard InChI is InChI=1S/C10H10ClNO3/c11-5-7(13)3-6-1-2-9-8(4-6)12-10(14)15-9/h1-2,4,7,13H,3,5H2,(H,12,14). The number of fused-ring (bicyclic) bond motifs is 1. The SMILES string of the molecule is O=c1[nH]c2cc(CC(O)CCl)ccc2o1. The number of oxazole rings is 1. The first kappa shape index (κ1) is 10.3. The summed E-state index contributed by atoms with van der Waals surface area (Å²) in [6.07, 6.45) is -0.102. The monoisotopic (exact) mass is 227 g/mol. The van der Waals surface area contributed by atoms with Crippen LogP contribution in [0, 0.1) is 0 Å². The maximum Gasteiger partial charge on any atom is 0.417 e. The van der Waals surface area contributed by atoms with E-state index in [1.165, 1.54) is 0 Å². The summed E-state index contributed by atoms with van der Waals surface area (Å²) in [7, 11) is 0. The average molecular weight is 228 g/mol. The Balaban J connectivity index is 2.34. The van der Waals surface area contributed by atoms with Crippen LogP contribution in [0.4, 0.5) is 0 Å². The Bertz CT molecular complexity index is 517. The van der Waals surface area contributed by atoms with E-state index in [1.54, 1.807) is 18.2 Å². The molecular formula is C10H10ClNO3. The molecular weight excluding hydrogens is 218 g/mol. The first-order valence-corrected chi connectivity index (χ1v) is 5.08. The molecule has 1 aromatic heterocycles. The number of benzene rings is 1. The summed E-state index contributed by atoms with van der Waals surface area (Å²) in [5.41, 5.74) is 2.07. The van der Waals surface area contributed by atoms with Crippen molar-refractivity contribution >= 4 is 22.7 Å². The van der Waals surface area contributed by atoms with Crippen LogP contribution in [-0.4, -0.2) is 22.1 Å². The third-order valence-corrected chi connectivity index (χ3v) is 2.49. The normalized spacial score (nSPS) is 13.2. The molecule has 0 aliphatic rings. The molecule has 0 bridgehead atoms. The van der Waals surface area contributed by atoms with Gasteiger partial charge in [0.05, 0.1) is 11.6 Å². The van der Waals surface area contributed by atoms with Gasteiger partial charge in [-0.1, -0.05) is 6.07 Å². The Hall–Kier alpha value is -1.26. The average Bonchev–Trinajstić information content (AvgIpc) is 2.57. The van der Waals surface area contributed by atoms with Gasteiger partial charge in [-0.3, -0.25) is 4.98 Å². The van der Waals surface area contributed by atoms with Crippen LogP contribution in [0.5, 0.6) is 0 Å². The quantitative estimate of drug-likeness (QED) is 0.776. The van der Waals surface area contributed by atoms with E-state index in [4.69, 9.17) is 16.0 Å². The van der Waals surface area contributed by atoms with E-state index in [9.17, 15) is 9.90 Å². The summed E-state index contributed by atoms with van der Waals surface area (Å²) in [5, 5.41) is 9.36.